The third-order valence-electron chi connectivity index (χ3n) is 1.50. The molecule has 8 heteroatoms. The van der Waals surface area contributed by atoms with E-state index in [-0.39, 0.29) is 0 Å². The van der Waals surface area contributed by atoms with E-state index in [0.717, 1.165) is 6.07 Å². The van der Waals surface area contributed by atoms with Crippen LogP contribution in [0.4, 0.5) is 8.78 Å². The van der Waals surface area contributed by atoms with Crippen molar-refractivity contribution in [3.63, 3.8) is 0 Å². The molecule has 0 aliphatic heterocycles. The standard InChI is InChI=1S/C7H5BF2O5/c9-4-2-1-3(7(11)12)6(5(4)10)15-8(13)14/h1-2,13-14H,(H,11,12). The summed E-state index contributed by atoms with van der Waals surface area (Å²) in [6.07, 6.45) is 0. The molecule has 0 saturated carbocycles. The second kappa shape index (κ2) is 4.24. The second-order valence-corrected chi connectivity index (χ2v) is 2.49. The summed E-state index contributed by atoms with van der Waals surface area (Å²) in [4.78, 5) is 10.5. The summed E-state index contributed by atoms with van der Waals surface area (Å²) in [7, 11) is -2.43. The number of carbonyl (C=O) groups is 1. The molecule has 0 saturated heterocycles. The van der Waals surface area contributed by atoms with Crippen LogP contribution in [0.3, 0.4) is 0 Å². The molecule has 0 spiro atoms. The summed E-state index contributed by atoms with van der Waals surface area (Å²) >= 11 is 0. The van der Waals surface area contributed by atoms with Gasteiger partial charge >= 0.3 is 13.3 Å². The molecule has 0 aliphatic rings. The second-order valence-electron chi connectivity index (χ2n) is 2.49. The molecule has 0 radical (unpaired) electrons. The van der Waals surface area contributed by atoms with Gasteiger partial charge in [-0.3, -0.25) is 0 Å². The maximum atomic E-state index is 13.0. The summed E-state index contributed by atoms with van der Waals surface area (Å²) in [5, 5.41) is 25.3. The first-order valence-electron chi connectivity index (χ1n) is 3.67. The topological polar surface area (TPSA) is 87.0 Å². The average molecular weight is 218 g/mol. The summed E-state index contributed by atoms with van der Waals surface area (Å²) < 4.78 is 29.7. The van der Waals surface area contributed by atoms with E-state index < -0.39 is 36.2 Å². The summed E-state index contributed by atoms with van der Waals surface area (Å²) in [5.74, 6) is -5.58. The lowest BCUT2D eigenvalue weighted by Crippen LogP contribution is -2.23. The first-order valence-corrected chi connectivity index (χ1v) is 3.67. The Kier molecular flexibility index (Phi) is 3.22. The van der Waals surface area contributed by atoms with Gasteiger partial charge in [0, 0.05) is 0 Å². The number of halogens is 2. The predicted molar refractivity (Wildman–Crippen MR) is 44.1 cm³/mol. The lowest BCUT2D eigenvalue weighted by molar-refractivity contribution is 0.0693. The van der Waals surface area contributed by atoms with E-state index in [1.54, 1.807) is 0 Å². The van der Waals surface area contributed by atoms with Crippen LogP contribution in [0.1, 0.15) is 10.4 Å². The average Bonchev–Trinajstić information content (AvgIpc) is 2.12. The smallest absolute Gasteiger partial charge is 0.509 e. The van der Waals surface area contributed by atoms with Gasteiger partial charge in [-0.15, -0.1) is 0 Å². The fourth-order valence-electron chi connectivity index (χ4n) is 0.921. The lowest BCUT2D eigenvalue weighted by atomic mass is 10.1. The lowest BCUT2D eigenvalue weighted by Gasteiger charge is -2.09. The summed E-state index contributed by atoms with van der Waals surface area (Å²) in [6.45, 7) is 0. The minimum atomic E-state index is -2.43. The first-order chi connectivity index (χ1) is 6.93. The SMILES string of the molecule is O=C(O)c1ccc(F)c(F)c1OB(O)O. The normalized spacial score (nSPS) is 9.87. The Balaban J connectivity index is 3.28. The van der Waals surface area contributed by atoms with Gasteiger partial charge in [0.05, 0.1) is 0 Å². The number of benzene rings is 1. The van der Waals surface area contributed by atoms with Gasteiger partial charge in [-0.1, -0.05) is 0 Å². The number of aromatic carboxylic acids is 1. The molecule has 0 bridgehead atoms. The van der Waals surface area contributed by atoms with Crippen molar-refractivity contribution >= 4 is 13.3 Å². The molecule has 3 N–H and O–H groups in total. The number of hydrogen-bond donors (Lipinski definition) is 3. The van der Waals surface area contributed by atoms with E-state index in [4.69, 9.17) is 15.2 Å². The molecule has 0 aromatic heterocycles. The number of rotatable bonds is 3. The number of carboxylic acids is 1. The monoisotopic (exact) mass is 218 g/mol. The minimum absolute atomic E-state index is 0.593. The molecule has 5 nitrogen and oxygen atoms in total. The molecule has 0 atom stereocenters. The highest BCUT2D eigenvalue weighted by Crippen LogP contribution is 2.25. The van der Waals surface area contributed by atoms with E-state index in [0.29, 0.717) is 6.07 Å². The quantitative estimate of drug-likeness (QED) is 0.622. The van der Waals surface area contributed by atoms with Gasteiger partial charge in [0.1, 0.15) is 5.56 Å². The van der Waals surface area contributed by atoms with E-state index in [2.05, 4.69) is 4.65 Å². The van der Waals surface area contributed by atoms with Gasteiger partial charge in [-0.05, 0) is 12.1 Å². The van der Waals surface area contributed by atoms with Crippen LogP contribution in [0.15, 0.2) is 12.1 Å². The Morgan fingerprint density at radius 1 is 1.33 bits per heavy atom. The molecule has 0 aliphatic carbocycles. The van der Waals surface area contributed by atoms with Crippen molar-refractivity contribution in [2.75, 3.05) is 0 Å². The van der Waals surface area contributed by atoms with E-state index in [1.807, 2.05) is 0 Å². The molecular weight excluding hydrogens is 213 g/mol. The van der Waals surface area contributed by atoms with E-state index >= 15 is 0 Å². The first kappa shape index (κ1) is 11.4. The summed E-state index contributed by atoms with van der Waals surface area (Å²) in [5.41, 5.74) is -0.706. The van der Waals surface area contributed by atoms with Gasteiger partial charge in [0.2, 0.25) is 0 Å². The van der Waals surface area contributed by atoms with Crippen molar-refractivity contribution < 1.29 is 33.4 Å². The molecule has 80 valence electrons. The van der Waals surface area contributed by atoms with Gasteiger partial charge in [0.25, 0.3) is 0 Å². The molecule has 1 aromatic rings. The van der Waals surface area contributed by atoms with Crippen LogP contribution in [0.2, 0.25) is 0 Å². The van der Waals surface area contributed by atoms with E-state index in [1.165, 1.54) is 0 Å². The fourth-order valence-corrected chi connectivity index (χ4v) is 0.921. The third kappa shape index (κ3) is 2.42. The zero-order valence-corrected chi connectivity index (χ0v) is 7.15. The largest absolute Gasteiger partial charge is 0.707 e. The molecule has 15 heavy (non-hydrogen) atoms. The van der Waals surface area contributed by atoms with Gasteiger partial charge < -0.3 is 19.8 Å². The van der Waals surface area contributed by atoms with Crippen molar-refractivity contribution in [3.8, 4) is 5.75 Å². The van der Waals surface area contributed by atoms with Gasteiger partial charge in [-0.25, -0.2) is 9.18 Å². The predicted octanol–water partition coefficient (Wildman–Crippen LogP) is 0.0113. The molecule has 0 fully saturated rings. The van der Waals surface area contributed by atoms with Crippen molar-refractivity contribution in [2.24, 2.45) is 0 Å². The van der Waals surface area contributed by atoms with Crippen LogP contribution in [-0.4, -0.2) is 28.4 Å². The fraction of sp³-hybridized carbons (Fsp3) is 0. The maximum absolute atomic E-state index is 13.0. The third-order valence-corrected chi connectivity index (χ3v) is 1.50. The maximum Gasteiger partial charge on any atom is 0.707 e. The minimum Gasteiger partial charge on any atom is -0.509 e. The molecule has 0 unspecified atom stereocenters. The van der Waals surface area contributed by atoms with Crippen LogP contribution in [0.25, 0.3) is 0 Å². The highest BCUT2D eigenvalue weighted by molar-refractivity contribution is 6.34. The Morgan fingerprint density at radius 3 is 2.40 bits per heavy atom. The summed E-state index contributed by atoms with van der Waals surface area (Å²) in [6, 6.07) is 1.34. The molecule has 0 heterocycles. The molecule has 1 rings (SSSR count). The Morgan fingerprint density at radius 2 is 1.93 bits per heavy atom. The zero-order chi connectivity index (χ0) is 11.6. The molecular formula is C7H5BF2O5. The van der Waals surface area contributed by atoms with Crippen LogP contribution < -0.4 is 4.65 Å². The van der Waals surface area contributed by atoms with Crippen molar-refractivity contribution in [3.05, 3.63) is 29.3 Å². The highest BCUT2D eigenvalue weighted by Gasteiger charge is 2.23. The van der Waals surface area contributed by atoms with E-state index in [9.17, 15) is 13.6 Å². The van der Waals surface area contributed by atoms with Gasteiger partial charge in [0.15, 0.2) is 17.4 Å². The Labute approximate surface area is 82.7 Å². The zero-order valence-electron chi connectivity index (χ0n) is 7.15. The van der Waals surface area contributed by atoms with Crippen LogP contribution in [0.5, 0.6) is 5.75 Å². The Bertz CT molecular complexity index is 395. The number of carboxylic acid groups (broad SMARTS) is 1. The van der Waals surface area contributed by atoms with Crippen LogP contribution in [0, 0.1) is 11.6 Å². The van der Waals surface area contributed by atoms with Crippen LogP contribution >= 0.6 is 0 Å². The Hall–Kier alpha value is -1.67. The van der Waals surface area contributed by atoms with Crippen molar-refractivity contribution in [1.82, 2.24) is 0 Å². The van der Waals surface area contributed by atoms with Gasteiger partial charge in [-0.2, -0.15) is 4.39 Å². The highest BCUT2D eigenvalue weighted by atomic mass is 19.2. The van der Waals surface area contributed by atoms with Crippen molar-refractivity contribution in [2.45, 2.75) is 0 Å². The number of hydrogen-bond acceptors (Lipinski definition) is 4. The van der Waals surface area contributed by atoms with Crippen LogP contribution in [-0.2, 0) is 0 Å². The molecule has 0 amide bonds. The molecule has 1 aromatic carbocycles. The van der Waals surface area contributed by atoms with Crippen molar-refractivity contribution in [1.29, 1.82) is 0 Å².